The number of nitrogens with one attached hydrogen (secondary N) is 1. The molecule has 7 heteroatoms. The number of halogens is 2. The summed E-state index contributed by atoms with van der Waals surface area (Å²) in [5.74, 6) is -2.31. The SMILES string of the molecule is N#Cc1ccc(Br)cc1Nc1cc(F)c(C(=O)O)cc1N. The van der Waals surface area contributed by atoms with Crippen molar-refractivity contribution >= 4 is 39.0 Å². The second-order valence-corrected chi connectivity index (χ2v) is 5.07. The number of nitrogen functional groups attached to an aromatic ring is 1. The smallest absolute Gasteiger partial charge is 0.338 e. The van der Waals surface area contributed by atoms with Crippen LogP contribution in [0.15, 0.2) is 34.8 Å². The van der Waals surface area contributed by atoms with Gasteiger partial charge in [-0.3, -0.25) is 0 Å². The summed E-state index contributed by atoms with van der Waals surface area (Å²) in [6.07, 6.45) is 0. The third-order valence-corrected chi connectivity index (χ3v) is 3.23. The Bertz CT molecular complexity index is 772. The zero-order valence-electron chi connectivity index (χ0n) is 10.5. The van der Waals surface area contributed by atoms with Crippen molar-refractivity contribution in [3.05, 3.63) is 51.7 Å². The first kappa shape index (κ1) is 14.8. The van der Waals surface area contributed by atoms with Crippen molar-refractivity contribution in [3.63, 3.8) is 0 Å². The Labute approximate surface area is 127 Å². The van der Waals surface area contributed by atoms with Crippen LogP contribution in [0.2, 0.25) is 0 Å². The minimum Gasteiger partial charge on any atom is -0.478 e. The van der Waals surface area contributed by atoms with Crippen molar-refractivity contribution in [2.45, 2.75) is 0 Å². The van der Waals surface area contributed by atoms with Crippen molar-refractivity contribution in [3.8, 4) is 6.07 Å². The molecule has 2 aromatic carbocycles. The number of hydrogen-bond acceptors (Lipinski definition) is 4. The van der Waals surface area contributed by atoms with E-state index in [0.29, 0.717) is 11.3 Å². The van der Waals surface area contributed by atoms with Crippen LogP contribution >= 0.6 is 15.9 Å². The summed E-state index contributed by atoms with van der Waals surface area (Å²) in [6.45, 7) is 0. The van der Waals surface area contributed by atoms with Gasteiger partial charge in [-0.25, -0.2) is 9.18 Å². The number of nitrogens with two attached hydrogens (primary N) is 1. The summed E-state index contributed by atoms with van der Waals surface area (Å²) in [6, 6.07) is 8.94. The first-order valence-electron chi connectivity index (χ1n) is 5.71. The Morgan fingerprint density at radius 1 is 1.33 bits per heavy atom. The Kier molecular flexibility index (Phi) is 4.10. The number of hydrogen-bond donors (Lipinski definition) is 3. The highest BCUT2D eigenvalue weighted by atomic mass is 79.9. The minimum atomic E-state index is -1.40. The number of nitrogens with zero attached hydrogens (tertiary/aromatic N) is 1. The fourth-order valence-electron chi connectivity index (χ4n) is 1.72. The number of aromatic carboxylic acids is 1. The Morgan fingerprint density at radius 3 is 2.67 bits per heavy atom. The molecular weight excluding hydrogens is 341 g/mol. The molecule has 0 saturated carbocycles. The van der Waals surface area contributed by atoms with Gasteiger partial charge in [0.15, 0.2) is 0 Å². The van der Waals surface area contributed by atoms with Gasteiger partial charge in [-0.05, 0) is 24.3 Å². The maximum absolute atomic E-state index is 13.7. The lowest BCUT2D eigenvalue weighted by Crippen LogP contribution is -2.05. The second-order valence-electron chi connectivity index (χ2n) is 4.15. The van der Waals surface area contributed by atoms with Gasteiger partial charge in [0.1, 0.15) is 11.9 Å². The normalized spacial score (nSPS) is 9.95. The van der Waals surface area contributed by atoms with Gasteiger partial charge >= 0.3 is 5.97 Å². The zero-order chi connectivity index (χ0) is 15.6. The molecule has 0 atom stereocenters. The van der Waals surface area contributed by atoms with Gasteiger partial charge in [-0.1, -0.05) is 15.9 Å². The van der Waals surface area contributed by atoms with E-state index in [1.54, 1.807) is 18.2 Å². The van der Waals surface area contributed by atoms with Crippen molar-refractivity contribution < 1.29 is 14.3 Å². The third kappa shape index (κ3) is 3.12. The Balaban J connectivity index is 2.46. The lowest BCUT2D eigenvalue weighted by atomic mass is 10.1. The molecule has 2 rings (SSSR count). The number of benzene rings is 2. The fraction of sp³-hybridized carbons (Fsp3) is 0. The lowest BCUT2D eigenvalue weighted by molar-refractivity contribution is 0.0692. The fourth-order valence-corrected chi connectivity index (χ4v) is 2.09. The molecule has 0 unspecified atom stereocenters. The molecule has 106 valence electrons. The van der Waals surface area contributed by atoms with Crippen molar-refractivity contribution in [2.75, 3.05) is 11.1 Å². The van der Waals surface area contributed by atoms with Gasteiger partial charge in [0.25, 0.3) is 0 Å². The first-order valence-corrected chi connectivity index (χ1v) is 6.50. The predicted molar refractivity (Wildman–Crippen MR) is 79.9 cm³/mol. The number of rotatable bonds is 3. The number of anilines is 3. The van der Waals surface area contributed by atoms with Crippen LogP contribution in [-0.2, 0) is 0 Å². The zero-order valence-corrected chi connectivity index (χ0v) is 12.1. The molecule has 0 amide bonds. The van der Waals surface area contributed by atoms with Gasteiger partial charge in [0, 0.05) is 10.5 Å². The number of carbonyl (C=O) groups is 1. The molecule has 0 aliphatic carbocycles. The first-order chi connectivity index (χ1) is 9.92. The molecule has 0 aromatic heterocycles. The topological polar surface area (TPSA) is 99.1 Å². The third-order valence-electron chi connectivity index (χ3n) is 2.74. The molecule has 0 fully saturated rings. The molecule has 2 aromatic rings. The molecule has 4 N–H and O–H groups in total. The van der Waals surface area contributed by atoms with Crippen molar-refractivity contribution in [1.29, 1.82) is 5.26 Å². The molecule has 21 heavy (non-hydrogen) atoms. The number of carboxylic acids is 1. The molecule has 0 radical (unpaired) electrons. The largest absolute Gasteiger partial charge is 0.478 e. The van der Waals surface area contributed by atoms with Gasteiger partial charge in [-0.2, -0.15) is 5.26 Å². The van der Waals surface area contributed by atoms with E-state index in [2.05, 4.69) is 21.2 Å². The quantitative estimate of drug-likeness (QED) is 0.736. The molecule has 0 heterocycles. The van der Waals surface area contributed by atoms with E-state index in [-0.39, 0.29) is 11.4 Å². The molecule has 0 saturated heterocycles. The maximum Gasteiger partial charge on any atom is 0.338 e. The number of carboxylic acid groups (broad SMARTS) is 1. The Morgan fingerprint density at radius 2 is 2.05 bits per heavy atom. The molecule has 5 nitrogen and oxygen atoms in total. The monoisotopic (exact) mass is 349 g/mol. The predicted octanol–water partition coefficient (Wildman–Crippen LogP) is 3.48. The highest BCUT2D eigenvalue weighted by Gasteiger charge is 2.14. The van der Waals surface area contributed by atoms with E-state index < -0.39 is 17.3 Å². The highest BCUT2D eigenvalue weighted by Crippen LogP contribution is 2.29. The molecule has 0 aliphatic heterocycles. The number of nitriles is 1. The van der Waals surface area contributed by atoms with Gasteiger partial charge in [-0.15, -0.1) is 0 Å². The molecular formula is C14H9BrFN3O2. The molecule has 0 bridgehead atoms. The summed E-state index contributed by atoms with van der Waals surface area (Å²) in [5.41, 5.74) is 6.25. The summed E-state index contributed by atoms with van der Waals surface area (Å²) < 4.78 is 14.4. The molecule has 0 spiro atoms. The van der Waals surface area contributed by atoms with Crippen LogP contribution in [-0.4, -0.2) is 11.1 Å². The average molecular weight is 350 g/mol. The minimum absolute atomic E-state index is 0.0673. The van der Waals surface area contributed by atoms with Crippen LogP contribution in [0.5, 0.6) is 0 Å². The van der Waals surface area contributed by atoms with Crippen LogP contribution in [0.25, 0.3) is 0 Å². The van der Waals surface area contributed by atoms with Gasteiger partial charge < -0.3 is 16.2 Å². The Hall–Kier alpha value is -2.59. The summed E-state index contributed by atoms with van der Waals surface area (Å²) in [5, 5.41) is 20.7. The summed E-state index contributed by atoms with van der Waals surface area (Å²) in [4.78, 5) is 10.8. The van der Waals surface area contributed by atoms with Crippen LogP contribution in [0.4, 0.5) is 21.5 Å². The van der Waals surface area contributed by atoms with Crippen LogP contribution in [0.1, 0.15) is 15.9 Å². The van der Waals surface area contributed by atoms with E-state index in [1.807, 2.05) is 6.07 Å². The lowest BCUT2D eigenvalue weighted by Gasteiger charge is -2.12. The van der Waals surface area contributed by atoms with Crippen LogP contribution < -0.4 is 11.1 Å². The maximum atomic E-state index is 13.7. The van der Waals surface area contributed by atoms with E-state index in [9.17, 15) is 9.18 Å². The standard InChI is InChI=1S/C14H9BrFN3O2/c15-8-2-1-7(6-17)12(3-8)19-13-5-10(16)9(14(20)21)4-11(13)18/h1-5,19H,18H2,(H,20,21). The van der Waals surface area contributed by atoms with Crippen LogP contribution in [0.3, 0.4) is 0 Å². The summed E-state index contributed by atoms with van der Waals surface area (Å²) >= 11 is 3.27. The summed E-state index contributed by atoms with van der Waals surface area (Å²) in [7, 11) is 0. The second kappa shape index (κ2) is 5.81. The van der Waals surface area contributed by atoms with Crippen molar-refractivity contribution in [1.82, 2.24) is 0 Å². The van der Waals surface area contributed by atoms with Crippen LogP contribution in [0, 0.1) is 17.1 Å². The van der Waals surface area contributed by atoms with E-state index in [1.165, 1.54) is 0 Å². The van der Waals surface area contributed by atoms with E-state index >= 15 is 0 Å². The average Bonchev–Trinajstić information content (AvgIpc) is 2.42. The van der Waals surface area contributed by atoms with Crippen molar-refractivity contribution in [2.24, 2.45) is 0 Å². The van der Waals surface area contributed by atoms with E-state index in [0.717, 1.165) is 16.6 Å². The highest BCUT2D eigenvalue weighted by molar-refractivity contribution is 9.10. The van der Waals surface area contributed by atoms with E-state index in [4.69, 9.17) is 16.1 Å². The van der Waals surface area contributed by atoms with Gasteiger partial charge in [0.05, 0.1) is 28.2 Å². The van der Waals surface area contributed by atoms with Gasteiger partial charge in [0.2, 0.25) is 0 Å². The molecule has 0 aliphatic rings.